The molecule has 2 heteroatoms. The van der Waals surface area contributed by atoms with Gasteiger partial charge in [0.25, 0.3) is 0 Å². The van der Waals surface area contributed by atoms with Crippen molar-refractivity contribution in [2.75, 3.05) is 0 Å². The standard InChI is InChI=1S/C14H17NO/c1-11-3-4-12(2)15(11)10-9-13-5-7-14(16)8-6-13/h3-8,16H,9-10H2,1-2H3. The van der Waals surface area contributed by atoms with Crippen LogP contribution < -0.4 is 0 Å². The van der Waals surface area contributed by atoms with Crippen LogP contribution in [0.4, 0.5) is 0 Å². The minimum absolute atomic E-state index is 0.331. The molecule has 1 N–H and O–H groups in total. The van der Waals surface area contributed by atoms with Gasteiger partial charge in [0.05, 0.1) is 0 Å². The van der Waals surface area contributed by atoms with Crippen LogP contribution in [0.15, 0.2) is 36.4 Å². The molecular weight excluding hydrogens is 198 g/mol. The zero-order valence-electron chi connectivity index (χ0n) is 9.77. The van der Waals surface area contributed by atoms with E-state index in [4.69, 9.17) is 0 Å². The molecule has 0 saturated carbocycles. The van der Waals surface area contributed by atoms with Gasteiger partial charge in [0.1, 0.15) is 5.75 Å². The Balaban J connectivity index is 2.05. The second kappa shape index (κ2) is 4.44. The number of hydrogen-bond donors (Lipinski definition) is 1. The van der Waals surface area contributed by atoms with Crippen molar-refractivity contribution in [2.24, 2.45) is 0 Å². The maximum absolute atomic E-state index is 9.19. The van der Waals surface area contributed by atoms with Crippen LogP contribution in [0, 0.1) is 13.8 Å². The summed E-state index contributed by atoms with van der Waals surface area (Å²) in [5, 5.41) is 9.19. The Hall–Kier alpha value is -1.70. The molecule has 0 radical (unpaired) electrons. The van der Waals surface area contributed by atoms with Gasteiger partial charge in [0, 0.05) is 17.9 Å². The highest BCUT2D eigenvalue weighted by atomic mass is 16.3. The molecule has 2 aromatic rings. The van der Waals surface area contributed by atoms with E-state index in [1.807, 2.05) is 12.1 Å². The van der Waals surface area contributed by atoms with Crippen LogP contribution in [-0.2, 0) is 13.0 Å². The Bertz CT molecular complexity index is 448. The molecule has 0 unspecified atom stereocenters. The van der Waals surface area contributed by atoms with Gasteiger partial charge in [-0.1, -0.05) is 12.1 Å². The van der Waals surface area contributed by atoms with Crippen molar-refractivity contribution in [3.05, 3.63) is 53.3 Å². The molecule has 2 nitrogen and oxygen atoms in total. The third-order valence-electron chi connectivity index (χ3n) is 2.98. The molecule has 0 fully saturated rings. The summed E-state index contributed by atoms with van der Waals surface area (Å²) >= 11 is 0. The third kappa shape index (κ3) is 2.27. The molecule has 0 aliphatic heterocycles. The van der Waals surface area contributed by atoms with Crippen LogP contribution in [0.25, 0.3) is 0 Å². The number of hydrogen-bond acceptors (Lipinski definition) is 1. The van der Waals surface area contributed by atoms with E-state index in [1.54, 1.807) is 12.1 Å². The largest absolute Gasteiger partial charge is 0.508 e. The maximum atomic E-state index is 9.19. The molecule has 1 aromatic carbocycles. The number of rotatable bonds is 3. The summed E-state index contributed by atoms with van der Waals surface area (Å²) in [4.78, 5) is 0. The van der Waals surface area contributed by atoms with Crippen LogP contribution in [0.3, 0.4) is 0 Å². The molecule has 0 amide bonds. The number of nitrogens with zero attached hydrogens (tertiary/aromatic N) is 1. The minimum Gasteiger partial charge on any atom is -0.508 e. The number of aromatic nitrogens is 1. The quantitative estimate of drug-likeness (QED) is 0.836. The molecule has 0 aliphatic carbocycles. The van der Waals surface area contributed by atoms with Gasteiger partial charge in [-0.3, -0.25) is 0 Å². The van der Waals surface area contributed by atoms with Gasteiger partial charge in [-0.25, -0.2) is 0 Å². The molecular formula is C14H17NO. The summed E-state index contributed by atoms with van der Waals surface area (Å²) < 4.78 is 2.31. The Morgan fingerprint density at radius 3 is 2.06 bits per heavy atom. The summed E-state index contributed by atoms with van der Waals surface area (Å²) in [6.07, 6.45) is 0.997. The van der Waals surface area contributed by atoms with Crippen LogP contribution in [0.1, 0.15) is 17.0 Å². The SMILES string of the molecule is Cc1ccc(C)n1CCc1ccc(O)cc1. The lowest BCUT2D eigenvalue weighted by Crippen LogP contribution is -2.04. The second-order valence-corrected chi connectivity index (χ2v) is 4.18. The van der Waals surface area contributed by atoms with Crippen LogP contribution in [-0.4, -0.2) is 9.67 Å². The van der Waals surface area contributed by atoms with Crippen molar-refractivity contribution in [1.82, 2.24) is 4.57 Å². The highest BCUT2D eigenvalue weighted by Crippen LogP contribution is 2.12. The first kappa shape index (κ1) is 10.8. The molecule has 2 rings (SSSR count). The third-order valence-corrected chi connectivity index (χ3v) is 2.98. The smallest absolute Gasteiger partial charge is 0.115 e. The Labute approximate surface area is 96.2 Å². The van der Waals surface area contributed by atoms with E-state index in [0.29, 0.717) is 5.75 Å². The summed E-state index contributed by atoms with van der Waals surface area (Å²) in [7, 11) is 0. The first-order chi connectivity index (χ1) is 7.66. The number of aryl methyl sites for hydroxylation is 3. The Morgan fingerprint density at radius 2 is 1.50 bits per heavy atom. The van der Waals surface area contributed by atoms with Gasteiger partial charge in [-0.2, -0.15) is 0 Å². The van der Waals surface area contributed by atoms with E-state index in [1.165, 1.54) is 17.0 Å². The second-order valence-electron chi connectivity index (χ2n) is 4.18. The Morgan fingerprint density at radius 1 is 0.938 bits per heavy atom. The molecule has 84 valence electrons. The first-order valence-corrected chi connectivity index (χ1v) is 5.57. The zero-order chi connectivity index (χ0) is 11.5. The summed E-state index contributed by atoms with van der Waals surface area (Å²) in [5.74, 6) is 0.331. The van der Waals surface area contributed by atoms with Gasteiger partial charge < -0.3 is 9.67 Å². The van der Waals surface area contributed by atoms with Crippen LogP contribution in [0.5, 0.6) is 5.75 Å². The fourth-order valence-electron chi connectivity index (χ4n) is 1.96. The zero-order valence-corrected chi connectivity index (χ0v) is 9.77. The minimum atomic E-state index is 0.331. The summed E-state index contributed by atoms with van der Waals surface area (Å²) in [6.45, 7) is 5.25. The van der Waals surface area contributed by atoms with Gasteiger partial charge in [-0.15, -0.1) is 0 Å². The van der Waals surface area contributed by atoms with Crippen molar-refractivity contribution in [3.63, 3.8) is 0 Å². The lowest BCUT2D eigenvalue weighted by molar-refractivity contribution is 0.475. The number of benzene rings is 1. The van der Waals surface area contributed by atoms with Crippen molar-refractivity contribution in [2.45, 2.75) is 26.8 Å². The van der Waals surface area contributed by atoms with Crippen molar-refractivity contribution >= 4 is 0 Å². The lowest BCUT2D eigenvalue weighted by atomic mass is 10.1. The fourth-order valence-corrected chi connectivity index (χ4v) is 1.96. The van der Waals surface area contributed by atoms with E-state index in [9.17, 15) is 5.11 Å². The highest BCUT2D eigenvalue weighted by Gasteiger charge is 2.01. The topological polar surface area (TPSA) is 25.2 Å². The average Bonchev–Trinajstić information content (AvgIpc) is 2.59. The monoisotopic (exact) mass is 215 g/mol. The molecule has 0 spiro atoms. The first-order valence-electron chi connectivity index (χ1n) is 5.57. The molecule has 16 heavy (non-hydrogen) atoms. The van der Waals surface area contributed by atoms with E-state index >= 15 is 0 Å². The van der Waals surface area contributed by atoms with Gasteiger partial charge in [0.2, 0.25) is 0 Å². The molecule has 0 aliphatic rings. The number of phenolic OH excluding ortho intramolecular Hbond substituents is 1. The molecule has 1 aromatic heterocycles. The van der Waals surface area contributed by atoms with Gasteiger partial charge >= 0.3 is 0 Å². The predicted molar refractivity (Wildman–Crippen MR) is 65.7 cm³/mol. The normalized spacial score (nSPS) is 10.6. The molecule has 0 bridgehead atoms. The fraction of sp³-hybridized carbons (Fsp3) is 0.286. The van der Waals surface area contributed by atoms with Crippen molar-refractivity contribution in [1.29, 1.82) is 0 Å². The predicted octanol–water partition coefficient (Wildman–Crippen LogP) is 3.05. The van der Waals surface area contributed by atoms with E-state index in [2.05, 4.69) is 30.5 Å². The molecule has 1 heterocycles. The lowest BCUT2D eigenvalue weighted by Gasteiger charge is -2.09. The van der Waals surface area contributed by atoms with E-state index in [-0.39, 0.29) is 0 Å². The number of aromatic hydroxyl groups is 1. The van der Waals surface area contributed by atoms with Gasteiger partial charge in [0.15, 0.2) is 0 Å². The number of phenols is 1. The molecule has 0 saturated heterocycles. The van der Waals surface area contributed by atoms with Crippen LogP contribution >= 0.6 is 0 Å². The maximum Gasteiger partial charge on any atom is 0.115 e. The van der Waals surface area contributed by atoms with E-state index < -0.39 is 0 Å². The van der Waals surface area contributed by atoms with Crippen molar-refractivity contribution < 1.29 is 5.11 Å². The Kier molecular flexibility index (Phi) is 3.00. The van der Waals surface area contributed by atoms with Gasteiger partial charge in [-0.05, 0) is 50.1 Å². The van der Waals surface area contributed by atoms with E-state index in [0.717, 1.165) is 13.0 Å². The highest BCUT2D eigenvalue weighted by molar-refractivity contribution is 5.26. The van der Waals surface area contributed by atoms with Crippen molar-refractivity contribution in [3.8, 4) is 5.75 Å². The average molecular weight is 215 g/mol. The van der Waals surface area contributed by atoms with Crippen LogP contribution in [0.2, 0.25) is 0 Å². The summed E-state index contributed by atoms with van der Waals surface area (Å²) in [6, 6.07) is 11.7. The molecule has 0 atom stereocenters. The summed E-state index contributed by atoms with van der Waals surface area (Å²) in [5.41, 5.74) is 3.86.